The van der Waals surface area contributed by atoms with E-state index in [0.29, 0.717) is 5.69 Å². The van der Waals surface area contributed by atoms with E-state index in [9.17, 15) is 14.4 Å². The highest BCUT2D eigenvalue weighted by Crippen LogP contribution is 2.45. The number of carbonyl (C=O) groups excluding carboxylic acids is 3. The molecule has 2 aliphatic heterocycles. The zero-order valence-electron chi connectivity index (χ0n) is 34.6. The number of rotatable bonds is 15. The van der Waals surface area contributed by atoms with E-state index in [-0.39, 0.29) is 36.7 Å². The van der Waals surface area contributed by atoms with Gasteiger partial charge in [-0.1, -0.05) is 87.2 Å². The molecular formula is C44H57N3O10Si. The molecule has 0 bridgehead atoms. The summed E-state index contributed by atoms with van der Waals surface area (Å²) in [6.45, 7) is 18.9. The van der Waals surface area contributed by atoms with E-state index in [1.54, 1.807) is 20.8 Å². The Labute approximate surface area is 342 Å². The van der Waals surface area contributed by atoms with Gasteiger partial charge in [0.15, 0.2) is 26.4 Å². The number of nitrogen functional groups attached to an aromatic ring is 1. The maximum atomic E-state index is 13.5. The second-order valence-corrected chi connectivity index (χ2v) is 21.2. The van der Waals surface area contributed by atoms with Crippen molar-refractivity contribution >= 4 is 32.0 Å². The fourth-order valence-electron chi connectivity index (χ4n) is 7.88. The van der Waals surface area contributed by atoms with Crippen LogP contribution in [0.1, 0.15) is 64.2 Å². The molecule has 3 aliphatic rings. The summed E-state index contributed by atoms with van der Waals surface area (Å²) in [7, 11) is -2.53. The predicted octanol–water partition coefficient (Wildman–Crippen LogP) is 6.10. The van der Waals surface area contributed by atoms with Crippen molar-refractivity contribution in [1.82, 2.24) is 10.6 Å². The number of nitrogens with two attached hydrogens (primary N) is 1. The first-order valence-corrected chi connectivity index (χ1v) is 22.7. The average Bonchev–Trinajstić information content (AvgIpc) is 3.68. The van der Waals surface area contributed by atoms with Crippen LogP contribution in [0.5, 0.6) is 0 Å². The molecule has 58 heavy (non-hydrogen) atoms. The van der Waals surface area contributed by atoms with E-state index in [1.807, 2.05) is 72.8 Å². The zero-order chi connectivity index (χ0) is 42.0. The lowest BCUT2D eigenvalue weighted by atomic mass is 9.96. The number of esters is 1. The number of benzene rings is 3. The van der Waals surface area contributed by atoms with E-state index in [0.717, 1.165) is 27.8 Å². The summed E-state index contributed by atoms with van der Waals surface area (Å²) < 4.78 is 43.9. The van der Waals surface area contributed by atoms with Crippen LogP contribution in [0.15, 0.2) is 85.5 Å². The van der Waals surface area contributed by atoms with Gasteiger partial charge in [-0.15, -0.1) is 0 Å². The van der Waals surface area contributed by atoms with E-state index < -0.39 is 69.0 Å². The first kappa shape index (κ1) is 43.0. The number of amides is 2. The summed E-state index contributed by atoms with van der Waals surface area (Å²) in [5.74, 6) is -2.34. The van der Waals surface area contributed by atoms with Crippen molar-refractivity contribution in [3.8, 4) is 11.1 Å². The van der Waals surface area contributed by atoms with E-state index in [2.05, 4.69) is 44.2 Å². The van der Waals surface area contributed by atoms with Gasteiger partial charge in [-0.3, -0.25) is 4.79 Å². The maximum absolute atomic E-state index is 13.5. The number of hydrogen-bond donors (Lipinski definition) is 3. The monoisotopic (exact) mass is 815 g/mol. The molecular weight excluding hydrogens is 759 g/mol. The third-order valence-corrected chi connectivity index (χ3v) is 15.8. The lowest BCUT2D eigenvalue weighted by Gasteiger charge is -2.45. The van der Waals surface area contributed by atoms with Gasteiger partial charge in [0.2, 0.25) is 5.91 Å². The fourth-order valence-corrected chi connectivity index (χ4v) is 9.69. The molecule has 7 atom stereocenters. The Morgan fingerprint density at radius 3 is 2.14 bits per heavy atom. The Hall–Kier alpha value is -4.57. The fraction of sp³-hybridized carbons (Fsp3) is 0.477. The molecule has 1 aliphatic carbocycles. The molecule has 0 saturated carbocycles. The van der Waals surface area contributed by atoms with Gasteiger partial charge in [-0.25, -0.2) is 9.59 Å². The number of alkyl carbamates (subject to hydrolysis) is 1. The highest BCUT2D eigenvalue weighted by Gasteiger charge is 2.57. The summed E-state index contributed by atoms with van der Waals surface area (Å²) in [4.78, 5) is 39.7. The highest BCUT2D eigenvalue weighted by atomic mass is 28.4. The lowest BCUT2D eigenvalue weighted by Crippen LogP contribution is -2.65. The second-order valence-electron chi connectivity index (χ2n) is 16.6. The summed E-state index contributed by atoms with van der Waals surface area (Å²) in [5.41, 5.74) is 12.0. The van der Waals surface area contributed by atoms with E-state index in [1.165, 1.54) is 13.0 Å². The van der Waals surface area contributed by atoms with Crippen molar-refractivity contribution < 1.29 is 47.2 Å². The Bertz CT molecular complexity index is 1920. The number of fused-ring (bicyclic) bond motifs is 4. The predicted molar refractivity (Wildman–Crippen MR) is 221 cm³/mol. The molecule has 2 amide bonds. The number of nitrogens with one attached hydrogen (secondary N) is 2. The van der Waals surface area contributed by atoms with Crippen LogP contribution in [0.2, 0.25) is 13.1 Å². The Morgan fingerprint density at radius 2 is 1.53 bits per heavy atom. The van der Waals surface area contributed by atoms with Gasteiger partial charge in [-0.05, 0) is 73.8 Å². The van der Waals surface area contributed by atoms with Crippen molar-refractivity contribution in [2.75, 3.05) is 25.6 Å². The van der Waals surface area contributed by atoms with Gasteiger partial charge >= 0.3 is 12.1 Å². The molecule has 0 unspecified atom stereocenters. The molecule has 0 aromatic heterocycles. The van der Waals surface area contributed by atoms with Gasteiger partial charge < -0.3 is 49.2 Å². The van der Waals surface area contributed by atoms with Gasteiger partial charge in [0, 0.05) is 23.6 Å². The standard InChI is InChI=1S/C44H57N3O10Si/c1-10-23-51-40(49)36(47-42(50)52-24-34-32-17-13-11-15-30(32)31-16-12-14-18-33(31)34)26(2)54-41-37(46-27(3)48)39-38(56-44(6,7)57-39)35(55-41)25-53-58(8,9)43(4,5)28-19-21-29(45)22-20-28/h10-22,26,34-39,41H,1,23-25,45H2,2-9H3,(H,46,48)(H,47,50)/t26-,35-,36+,37-,38+,39-,41+/m1/s1. The van der Waals surface area contributed by atoms with Crippen LogP contribution in [0.3, 0.4) is 0 Å². The van der Waals surface area contributed by atoms with Crippen LogP contribution < -0.4 is 16.4 Å². The van der Waals surface area contributed by atoms with E-state index in [4.69, 9.17) is 38.6 Å². The SMILES string of the molecule is C=CCOC(=O)[C@@H](NC(=O)OCC1c2ccccc2-c2ccccc21)[C@@H](C)O[C@H]1O[C@H](CO[Si](C)(C)C(C)(C)c2ccc(N)cc2)[C@@H]2OC(C)(C)O[C@@H]2[C@H]1NC(C)=O. The van der Waals surface area contributed by atoms with Crippen LogP contribution in [0, 0.1) is 0 Å². The maximum Gasteiger partial charge on any atom is 0.407 e. The van der Waals surface area contributed by atoms with Crippen molar-refractivity contribution in [1.29, 1.82) is 0 Å². The number of hydrogen-bond acceptors (Lipinski definition) is 11. The average molecular weight is 816 g/mol. The van der Waals surface area contributed by atoms with Crippen molar-refractivity contribution in [2.45, 2.75) is 114 Å². The minimum absolute atomic E-state index is 0.0343. The quantitative estimate of drug-likeness (QED) is 0.0703. The van der Waals surface area contributed by atoms with Crippen molar-refractivity contribution in [3.63, 3.8) is 0 Å². The largest absolute Gasteiger partial charge is 0.460 e. The summed E-state index contributed by atoms with van der Waals surface area (Å²) in [6, 6.07) is 21.6. The minimum atomic E-state index is -2.53. The molecule has 312 valence electrons. The Kier molecular flexibility index (Phi) is 12.9. The summed E-state index contributed by atoms with van der Waals surface area (Å²) in [5, 5.41) is 5.27. The number of carbonyl (C=O) groups is 3. The van der Waals surface area contributed by atoms with Crippen LogP contribution >= 0.6 is 0 Å². The molecule has 3 aromatic carbocycles. The number of ether oxygens (including phenoxy) is 6. The molecule has 0 radical (unpaired) electrons. The van der Waals surface area contributed by atoms with Gasteiger partial charge in [0.05, 0.1) is 12.7 Å². The molecule has 14 heteroatoms. The van der Waals surface area contributed by atoms with Gasteiger partial charge in [0.1, 0.15) is 37.6 Å². The molecule has 2 heterocycles. The van der Waals surface area contributed by atoms with Crippen LogP contribution in [-0.2, 0) is 47.5 Å². The normalized spacial score (nSPS) is 23.4. The second kappa shape index (κ2) is 17.3. The lowest BCUT2D eigenvalue weighted by molar-refractivity contribution is -0.264. The first-order chi connectivity index (χ1) is 27.4. The number of anilines is 1. The van der Waals surface area contributed by atoms with E-state index >= 15 is 0 Å². The zero-order valence-corrected chi connectivity index (χ0v) is 35.6. The molecule has 4 N–H and O–H groups in total. The van der Waals surface area contributed by atoms with Gasteiger partial charge in [0.25, 0.3) is 0 Å². The molecule has 6 rings (SSSR count). The van der Waals surface area contributed by atoms with Crippen molar-refractivity contribution in [3.05, 3.63) is 102 Å². The molecule has 3 aromatic rings. The third kappa shape index (κ3) is 9.17. The van der Waals surface area contributed by atoms with Gasteiger partial charge in [-0.2, -0.15) is 0 Å². The topological polar surface area (TPSA) is 166 Å². The van der Waals surface area contributed by atoms with Crippen molar-refractivity contribution in [2.24, 2.45) is 0 Å². The summed E-state index contributed by atoms with van der Waals surface area (Å²) >= 11 is 0. The Morgan fingerprint density at radius 1 is 0.931 bits per heavy atom. The minimum Gasteiger partial charge on any atom is -0.460 e. The molecule has 13 nitrogen and oxygen atoms in total. The van der Waals surface area contributed by atoms with Crippen LogP contribution in [-0.4, -0.2) is 94.7 Å². The highest BCUT2D eigenvalue weighted by molar-refractivity contribution is 6.74. The smallest absolute Gasteiger partial charge is 0.407 e. The molecule has 2 saturated heterocycles. The molecule has 0 spiro atoms. The Balaban J connectivity index is 1.20. The molecule has 2 fully saturated rings. The summed E-state index contributed by atoms with van der Waals surface area (Å²) in [6.07, 6.45) is -3.69. The first-order valence-electron chi connectivity index (χ1n) is 19.7. The third-order valence-electron chi connectivity index (χ3n) is 11.6. The van der Waals surface area contributed by atoms with Crippen LogP contribution in [0.25, 0.3) is 11.1 Å². The van der Waals surface area contributed by atoms with Crippen LogP contribution in [0.4, 0.5) is 10.5 Å².